The van der Waals surface area contributed by atoms with Crippen LogP contribution in [0.2, 0.25) is 0 Å². The summed E-state index contributed by atoms with van der Waals surface area (Å²) in [6.07, 6.45) is 2.72. The summed E-state index contributed by atoms with van der Waals surface area (Å²) in [6, 6.07) is 4.18. The summed E-state index contributed by atoms with van der Waals surface area (Å²) in [5.74, 6) is 2.48. The van der Waals surface area contributed by atoms with Gasteiger partial charge in [-0.25, -0.2) is 4.68 Å². The van der Waals surface area contributed by atoms with Crippen molar-refractivity contribution in [2.45, 2.75) is 25.4 Å². The molecule has 0 amide bonds. The van der Waals surface area contributed by atoms with Gasteiger partial charge in [0, 0.05) is 63.5 Å². The Morgan fingerprint density at radius 2 is 1.97 bits per heavy atom. The number of carbonyl (C=O) groups is 1. The number of hydrogen-bond acceptors (Lipinski definition) is 7. The Balaban J connectivity index is 1.18. The Morgan fingerprint density at radius 3 is 2.68 bits per heavy atom. The molecule has 3 fully saturated rings. The summed E-state index contributed by atoms with van der Waals surface area (Å²) in [6.45, 7) is 4.96. The van der Waals surface area contributed by atoms with Crippen LogP contribution in [-0.2, 0) is 29.7 Å². The summed E-state index contributed by atoms with van der Waals surface area (Å²) in [5.41, 5.74) is 2.17. The zero-order chi connectivity index (χ0) is 21.3. The second-order valence-electron chi connectivity index (χ2n) is 9.66. The number of ether oxygens (including phenoxy) is 1. The number of rotatable bonds is 4. The molecular formula is C22H28N6O3. The van der Waals surface area contributed by atoms with Crippen molar-refractivity contribution >= 4 is 11.9 Å². The Bertz CT molecular complexity index is 1080. The first-order valence-electron chi connectivity index (χ1n) is 11.1. The Hall–Kier alpha value is -2.68. The third kappa shape index (κ3) is 3.01. The van der Waals surface area contributed by atoms with Crippen LogP contribution in [0.1, 0.15) is 23.6 Å². The maximum atomic E-state index is 13.3. The van der Waals surface area contributed by atoms with E-state index in [2.05, 4.69) is 25.9 Å². The minimum Gasteiger partial charge on any atom is -0.469 e. The van der Waals surface area contributed by atoms with Gasteiger partial charge in [0.25, 0.3) is 5.56 Å². The van der Waals surface area contributed by atoms with Crippen LogP contribution in [-0.4, -0.2) is 63.5 Å². The molecule has 0 spiro atoms. The highest BCUT2D eigenvalue weighted by Crippen LogP contribution is 2.52. The highest BCUT2D eigenvalue weighted by molar-refractivity contribution is 5.76. The van der Waals surface area contributed by atoms with Gasteiger partial charge in [-0.3, -0.25) is 14.5 Å². The zero-order valence-electron chi connectivity index (χ0n) is 18.0. The topological polar surface area (TPSA) is 85.5 Å². The Morgan fingerprint density at radius 1 is 1.16 bits per heavy atom. The summed E-state index contributed by atoms with van der Waals surface area (Å²) < 4.78 is 8.74. The molecule has 2 bridgehead atoms. The van der Waals surface area contributed by atoms with E-state index in [9.17, 15) is 9.59 Å². The maximum Gasteiger partial charge on any atom is 0.309 e. The summed E-state index contributed by atoms with van der Waals surface area (Å²) >= 11 is 0. The fraction of sp³-hybridized carbons (Fsp3) is 0.636. The molecule has 4 aliphatic rings. The lowest BCUT2D eigenvalue weighted by atomic mass is 9.83. The van der Waals surface area contributed by atoms with Crippen LogP contribution in [0.3, 0.4) is 0 Å². The van der Waals surface area contributed by atoms with Gasteiger partial charge in [0.2, 0.25) is 5.95 Å². The quantitative estimate of drug-likeness (QED) is 0.659. The second-order valence-corrected chi connectivity index (χ2v) is 9.66. The van der Waals surface area contributed by atoms with Crippen molar-refractivity contribution in [3.8, 4) is 0 Å². The lowest BCUT2D eigenvalue weighted by Crippen LogP contribution is -2.48. The van der Waals surface area contributed by atoms with Gasteiger partial charge in [0.1, 0.15) is 6.33 Å². The highest BCUT2D eigenvalue weighted by atomic mass is 16.5. The number of piperidine rings is 2. The molecule has 5 atom stereocenters. The lowest BCUT2D eigenvalue weighted by molar-refractivity contribution is -0.143. The Kier molecular flexibility index (Phi) is 4.25. The van der Waals surface area contributed by atoms with E-state index >= 15 is 0 Å². The minimum absolute atomic E-state index is 0.0714. The number of aryl methyl sites for hydroxylation is 1. The number of hydrogen-bond donors (Lipinski definition) is 0. The molecule has 0 radical (unpaired) electrons. The molecule has 3 aliphatic heterocycles. The first-order valence-corrected chi connectivity index (χ1v) is 11.1. The smallest absolute Gasteiger partial charge is 0.309 e. The van der Waals surface area contributed by atoms with E-state index in [1.807, 2.05) is 22.4 Å². The molecule has 164 valence electrons. The molecule has 0 N–H and O–H groups in total. The van der Waals surface area contributed by atoms with Crippen molar-refractivity contribution in [3.05, 3.63) is 40.1 Å². The van der Waals surface area contributed by atoms with Crippen LogP contribution in [0.4, 0.5) is 5.95 Å². The van der Waals surface area contributed by atoms with E-state index < -0.39 is 0 Å². The summed E-state index contributed by atoms with van der Waals surface area (Å²) in [4.78, 5) is 34.1. The predicted octanol–water partition coefficient (Wildman–Crippen LogP) is 0.451. The van der Waals surface area contributed by atoms with Gasteiger partial charge in [0.05, 0.1) is 13.0 Å². The van der Waals surface area contributed by atoms with Gasteiger partial charge in [-0.05, 0) is 30.2 Å². The van der Waals surface area contributed by atoms with E-state index in [0.29, 0.717) is 30.2 Å². The maximum absolute atomic E-state index is 13.3. The van der Waals surface area contributed by atoms with Crippen molar-refractivity contribution in [2.24, 2.45) is 30.7 Å². The Labute approximate surface area is 180 Å². The van der Waals surface area contributed by atoms with Crippen LogP contribution in [0, 0.1) is 23.7 Å². The van der Waals surface area contributed by atoms with Crippen molar-refractivity contribution in [1.82, 2.24) is 24.2 Å². The lowest BCUT2D eigenvalue weighted by Gasteiger charge is -2.43. The fourth-order valence-corrected chi connectivity index (χ4v) is 6.32. The molecule has 0 aromatic carbocycles. The van der Waals surface area contributed by atoms with E-state index in [0.717, 1.165) is 56.4 Å². The molecule has 2 aromatic heterocycles. The zero-order valence-corrected chi connectivity index (χ0v) is 18.0. The number of esters is 1. The van der Waals surface area contributed by atoms with E-state index in [4.69, 9.17) is 4.74 Å². The molecule has 1 unspecified atom stereocenters. The number of fused-ring (bicyclic) bond motifs is 5. The SMILES string of the molecule is COC(=O)C1[C@H]2CN(Cc3ccc4n(c3=O)C[C@H]3C[C@@H]4CN(c4ncnn4C)C3)C[C@@H]12. The van der Waals surface area contributed by atoms with Crippen LogP contribution in [0.25, 0.3) is 0 Å². The number of pyridine rings is 1. The highest BCUT2D eigenvalue weighted by Gasteiger charge is 2.60. The standard InChI is InChI=1S/C22H28N6O3/c1-25-22(23-12-24-25)27-6-13-5-15(9-27)18-4-3-14(20(29)28(18)7-13)8-26-10-16-17(11-26)19(16)21(30)31-2/h3-4,12-13,15-17,19H,5-11H2,1-2H3/t13-,15+,16-,17+,19?/m0/s1. The van der Waals surface area contributed by atoms with Gasteiger partial charge >= 0.3 is 5.97 Å². The van der Waals surface area contributed by atoms with Gasteiger partial charge in [-0.1, -0.05) is 6.07 Å². The van der Waals surface area contributed by atoms with E-state index in [1.165, 1.54) is 7.11 Å². The van der Waals surface area contributed by atoms with Gasteiger partial charge < -0.3 is 14.2 Å². The molecule has 5 heterocycles. The summed E-state index contributed by atoms with van der Waals surface area (Å²) in [7, 11) is 3.39. The van der Waals surface area contributed by atoms with Crippen molar-refractivity contribution in [3.63, 3.8) is 0 Å². The predicted molar refractivity (Wildman–Crippen MR) is 113 cm³/mol. The van der Waals surface area contributed by atoms with E-state index in [-0.39, 0.29) is 17.4 Å². The second kappa shape index (κ2) is 6.91. The molecule has 6 rings (SSSR count). The fourth-order valence-electron chi connectivity index (χ4n) is 6.32. The van der Waals surface area contributed by atoms with Gasteiger partial charge in [-0.2, -0.15) is 10.1 Å². The number of aromatic nitrogens is 4. The van der Waals surface area contributed by atoms with Gasteiger partial charge in [-0.15, -0.1) is 0 Å². The molecule has 9 heteroatoms. The molecule has 1 saturated carbocycles. The molecule has 2 aromatic rings. The normalized spacial score (nSPS) is 31.3. The van der Waals surface area contributed by atoms with E-state index in [1.54, 1.807) is 6.33 Å². The summed E-state index contributed by atoms with van der Waals surface area (Å²) in [5, 5.41) is 4.21. The molecule has 9 nitrogen and oxygen atoms in total. The minimum atomic E-state index is -0.0783. The number of nitrogens with zero attached hydrogens (tertiary/aromatic N) is 6. The average Bonchev–Trinajstić information content (AvgIpc) is 3.07. The van der Waals surface area contributed by atoms with Crippen molar-refractivity contribution < 1.29 is 9.53 Å². The van der Waals surface area contributed by atoms with Crippen LogP contribution in [0.5, 0.6) is 0 Å². The third-order valence-corrected chi connectivity index (χ3v) is 7.79. The van der Waals surface area contributed by atoms with Crippen LogP contribution >= 0.6 is 0 Å². The largest absolute Gasteiger partial charge is 0.469 e. The first-order chi connectivity index (χ1) is 15.0. The molecular weight excluding hydrogens is 396 g/mol. The number of methoxy groups -OCH3 is 1. The van der Waals surface area contributed by atoms with Crippen molar-refractivity contribution in [2.75, 3.05) is 38.2 Å². The van der Waals surface area contributed by atoms with Gasteiger partial charge in [0.15, 0.2) is 0 Å². The molecule has 1 aliphatic carbocycles. The number of anilines is 1. The van der Waals surface area contributed by atoms with Crippen molar-refractivity contribution in [1.29, 1.82) is 0 Å². The number of likely N-dealkylation sites (tertiary alicyclic amines) is 1. The molecule has 2 saturated heterocycles. The average molecular weight is 425 g/mol. The first kappa shape index (κ1) is 19.0. The monoisotopic (exact) mass is 424 g/mol. The van der Waals surface area contributed by atoms with Crippen LogP contribution in [0.15, 0.2) is 23.3 Å². The molecule has 31 heavy (non-hydrogen) atoms. The third-order valence-electron chi connectivity index (χ3n) is 7.79. The van der Waals surface area contributed by atoms with Crippen LogP contribution < -0.4 is 10.5 Å². The number of carbonyl (C=O) groups excluding carboxylic acids is 1.